The Morgan fingerprint density at radius 3 is 2.21 bits per heavy atom. The Morgan fingerprint density at radius 2 is 1.62 bits per heavy atom. The first-order valence-electron chi connectivity index (χ1n) is 8.49. The summed E-state index contributed by atoms with van der Waals surface area (Å²) in [6.07, 6.45) is 2.56. The molecule has 128 valence electrons. The first kappa shape index (κ1) is 18.0. The predicted molar refractivity (Wildman–Crippen MR) is 96.8 cm³/mol. The van der Waals surface area contributed by atoms with Gasteiger partial charge in [0.1, 0.15) is 5.82 Å². The number of benzene rings is 2. The lowest BCUT2D eigenvalue weighted by Crippen LogP contribution is -2.31. The van der Waals surface area contributed by atoms with E-state index in [-0.39, 0.29) is 18.3 Å². The van der Waals surface area contributed by atoms with Gasteiger partial charge in [-0.15, -0.1) is 0 Å². The van der Waals surface area contributed by atoms with Gasteiger partial charge < -0.3 is 10.6 Å². The first-order valence-corrected chi connectivity index (χ1v) is 8.49. The third kappa shape index (κ3) is 5.08. The second-order valence-electron chi connectivity index (χ2n) is 5.74. The van der Waals surface area contributed by atoms with E-state index in [9.17, 15) is 9.18 Å². The average molecular weight is 328 g/mol. The van der Waals surface area contributed by atoms with Crippen LogP contribution in [0.4, 0.5) is 10.1 Å². The van der Waals surface area contributed by atoms with Crippen molar-refractivity contribution in [2.75, 3.05) is 18.4 Å². The average Bonchev–Trinajstić information content (AvgIpc) is 2.61. The quantitative estimate of drug-likeness (QED) is 0.775. The highest BCUT2D eigenvalue weighted by atomic mass is 19.1. The molecule has 0 aliphatic heterocycles. The third-order valence-corrected chi connectivity index (χ3v) is 4.07. The SMILES string of the molecule is CCc1cccc(CC)c1NCC(=O)NCCc1ccc(F)cc1. The molecule has 0 atom stereocenters. The Hall–Kier alpha value is -2.36. The van der Waals surface area contributed by atoms with E-state index in [0.29, 0.717) is 13.0 Å². The zero-order valence-corrected chi connectivity index (χ0v) is 14.4. The van der Waals surface area contributed by atoms with E-state index in [0.717, 1.165) is 24.1 Å². The lowest BCUT2D eigenvalue weighted by atomic mass is 10.0. The third-order valence-electron chi connectivity index (χ3n) is 4.07. The zero-order chi connectivity index (χ0) is 17.4. The number of anilines is 1. The molecule has 0 bridgehead atoms. The minimum Gasteiger partial charge on any atom is -0.376 e. The molecule has 2 rings (SSSR count). The second-order valence-corrected chi connectivity index (χ2v) is 5.74. The molecule has 0 spiro atoms. The van der Waals surface area contributed by atoms with Crippen LogP contribution in [0.1, 0.15) is 30.5 Å². The molecule has 1 amide bonds. The van der Waals surface area contributed by atoms with Crippen LogP contribution in [-0.2, 0) is 24.1 Å². The van der Waals surface area contributed by atoms with Crippen LogP contribution in [0, 0.1) is 5.82 Å². The number of para-hydroxylation sites is 1. The Balaban J connectivity index is 1.82. The van der Waals surface area contributed by atoms with Crippen molar-refractivity contribution in [2.45, 2.75) is 33.1 Å². The van der Waals surface area contributed by atoms with E-state index >= 15 is 0 Å². The Labute approximate surface area is 143 Å². The number of nitrogens with one attached hydrogen (secondary N) is 2. The molecule has 0 aromatic heterocycles. The van der Waals surface area contributed by atoms with Crippen LogP contribution in [-0.4, -0.2) is 19.0 Å². The van der Waals surface area contributed by atoms with Crippen LogP contribution in [0.2, 0.25) is 0 Å². The number of hydrogen-bond acceptors (Lipinski definition) is 2. The Kier molecular flexibility index (Phi) is 6.79. The van der Waals surface area contributed by atoms with Crippen molar-refractivity contribution < 1.29 is 9.18 Å². The summed E-state index contributed by atoms with van der Waals surface area (Å²) in [7, 11) is 0. The van der Waals surface area contributed by atoms with E-state index in [1.807, 2.05) is 0 Å². The Bertz CT molecular complexity index is 646. The molecule has 0 aliphatic rings. The van der Waals surface area contributed by atoms with Gasteiger partial charge in [-0.2, -0.15) is 0 Å². The van der Waals surface area contributed by atoms with Crippen molar-refractivity contribution in [3.05, 3.63) is 65.0 Å². The predicted octanol–water partition coefficient (Wildman–Crippen LogP) is 3.72. The molecule has 0 heterocycles. The highest BCUT2D eigenvalue weighted by Crippen LogP contribution is 2.22. The van der Waals surface area contributed by atoms with E-state index in [1.54, 1.807) is 12.1 Å². The molecule has 0 unspecified atom stereocenters. The fourth-order valence-electron chi connectivity index (χ4n) is 2.70. The molecule has 3 nitrogen and oxygen atoms in total. The van der Waals surface area contributed by atoms with Gasteiger partial charge in [0, 0.05) is 12.2 Å². The topological polar surface area (TPSA) is 41.1 Å². The lowest BCUT2D eigenvalue weighted by molar-refractivity contribution is -0.119. The maximum Gasteiger partial charge on any atom is 0.239 e. The summed E-state index contributed by atoms with van der Waals surface area (Å²) in [5, 5.41) is 6.17. The monoisotopic (exact) mass is 328 g/mol. The summed E-state index contributed by atoms with van der Waals surface area (Å²) in [4.78, 5) is 12.0. The molecule has 0 saturated heterocycles. The van der Waals surface area contributed by atoms with Gasteiger partial charge in [-0.05, 0) is 48.1 Å². The maximum atomic E-state index is 12.8. The number of hydrogen-bond donors (Lipinski definition) is 2. The van der Waals surface area contributed by atoms with E-state index in [1.165, 1.54) is 23.3 Å². The first-order chi connectivity index (χ1) is 11.6. The number of amides is 1. The number of carbonyl (C=O) groups excluding carboxylic acids is 1. The van der Waals surface area contributed by atoms with Gasteiger partial charge in [-0.25, -0.2) is 4.39 Å². The fourth-order valence-corrected chi connectivity index (χ4v) is 2.70. The molecule has 2 aromatic carbocycles. The molecule has 2 aromatic rings. The van der Waals surface area contributed by atoms with Gasteiger partial charge in [0.05, 0.1) is 6.54 Å². The molecule has 0 fully saturated rings. The van der Waals surface area contributed by atoms with Crippen LogP contribution in [0.25, 0.3) is 0 Å². The largest absolute Gasteiger partial charge is 0.376 e. The summed E-state index contributed by atoms with van der Waals surface area (Å²) < 4.78 is 12.8. The Morgan fingerprint density at radius 1 is 1.00 bits per heavy atom. The van der Waals surface area contributed by atoms with Crippen molar-refractivity contribution in [1.29, 1.82) is 0 Å². The smallest absolute Gasteiger partial charge is 0.239 e. The molecule has 0 saturated carbocycles. The van der Waals surface area contributed by atoms with Crippen molar-refractivity contribution in [1.82, 2.24) is 5.32 Å². The molecule has 24 heavy (non-hydrogen) atoms. The van der Waals surface area contributed by atoms with Crippen LogP contribution in [0.15, 0.2) is 42.5 Å². The van der Waals surface area contributed by atoms with E-state index in [2.05, 4.69) is 42.7 Å². The summed E-state index contributed by atoms with van der Waals surface area (Å²) in [5.74, 6) is -0.279. The van der Waals surface area contributed by atoms with Crippen molar-refractivity contribution in [3.63, 3.8) is 0 Å². The van der Waals surface area contributed by atoms with E-state index in [4.69, 9.17) is 0 Å². The number of halogens is 1. The fraction of sp³-hybridized carbons (Fsp3) is 0.350. The van der Waals surface area contributed by atoms with Crippen LogP contribution >= 0.6 is 0 Å². The van der Waals surface area contributed by atoms with Gasteiger partial charge in [-0.3, -0.25) is 4.79 Å². The van der Waals surface area contributed by atoms with Crippen molar-refractivity contribution in [3.8, 4) is 0 Å². The van der Waals surface area contributed by atoms with Crippen LogP contribution < -0.4 is 10.6 Å². The van der Waals surface area contributed by atoms with Gasteiger partial charge in [0.15, 0.2) is 0 Å². The molecular formula is C20H25FN2O. The molecule has 0 aliphatic carbocycles. The maximum absolute atomic E-state index is 12.8. The van der Waals surface area contributed by atoms with Gasteiger partial charge >= 0.3 is 0 Å². The summed E-state index contributed by atoms with van der Waals surface area (Å²) in [6.45, 7) is 5.03. The minimum absolute atomic E-state index is 0.0370. The van der Waals surface area contributed by atoms with Crippen LogP contribution in [0.5, 0.6) is 0 Å². The molecular weight excluding hydrogens is 303 g/mol. The standard InChI is InChI=1S/C20H25FN2O/c1-3-16-6-5-7-17(4-2)20(16)23-14-19(24)22-13-12-15-8-10-18(21)11-9-15/h5-11,23H,3-4,12-14H2,1-2H3,(H,22,24). The minimum atomic E-state index is -0.242. The van der Waals surface area contributed by atoms with Gasteiger partial charge in [-0.1, -0.05) is 44.2 Å². The molecule has 0 radical (unpaired) electrons. The second kappa shape index (κ2) is 9.06. The van der Waals surface area contributed by atoms with Crippen molar-refractivity contribution in [2.24, 2.45) is 0 Å². The number of carbonyl (C=O) groups is 1. The summed E-state index contributed by atoms with van der Waals surface area (Å²) >= 11 is 0. The number of aryl methyl sites for hydroxylation is 2. The summed E-state index contributed by atoms with van der Waals surface area (Å²) in [6, 6.07) is 12.6. The highest BCUT2D eigenvalue weighted by Gasteiger charge is 2.08. The highest BCUT2D eigenvalue weighted by molar-refractivity contribution is 5.81. The normalized spacial score (nSPS) is 10.5. The van der Waals surface area contributed by atoms with Crippen LogP contribution in [0.3, 0.4) is 0 Å². The van der Waals surface area contributed by atoms with Crippen molar-refractivity contribution >= 4 is 11.6 Å². The zero-order valence-electron chi connectivity index (χ0n) is 14.4. The number of rotatable bonds is 8. The summed E-state index contributed by atoms with van der Waals surface area (Å²) in [5.41, 5.74) is 4.55. The molecule has 4 heteroatoms. The van der Waals surface area contributed by atoms with Gasteiger partial charge in [0.25, 0.3) is 0 Å². The van der Waals surface area contributed by atoms with Gasteiger partial charge in [0.2, 0.25) is 5.91 Å². The molecule has 2 N–H and O–H groups in total. The lowest BCUT2D eigenvalue weighted by Gasteiger charge is -2.15. The van der Waals surface area contributed by atoms with E-state index < -0.39 is 0 Å².